The Balaban J connectivity index is 2.52. The van der Waals surface area contributed by atoms with E-state index in [1.165, 1.54) is 0 Å². The Morgan fingerprint density at radius 2 is 2.05 bits per heavy atom. The minimum Gasteiger partial charge on any atom is -0.480 e. The minimum absolute atomic E-state index is 0.00901. The number of aliphatic carboxylic acids is 1. The Hall–Kier alpha value is -1.11. The predicted octanol–water partition coefficient (Wildman–Crippen LogP) is 1.73. The summed E-state index contributed by atoms with van der Waals surface area (Å²) < 4.78 is 19.7. The minimum atomic E-state index is -2.83. The highest BCUT2D eigenvalue weighted by atomic mass is 35.5. The molecule has 0 bridgehead atoms. The number of nitrogens with one attached hydrogen (secondary N) is 1. The Labute approximate surface area is 117 Å². The Bertz CT molecular complexity index is 546. The van der Waals surface area contributed by atoms with Crippen LogP contribution in [0.4, 0.5) is 0 Å². The predicted molar refractivity (Wildman–Crippen MR) is 76.0 cm³/mol. The van der Waals surface area contributed by atoms with E-state index in [1.807, 2.05) is 12.1 Å². The highest BCUT2D eigenvalue weighted by molar-refractivity contribution is 7.92. The van der Waals surface area contributed by atoms with Crippen LogP contribution in [0.2, 0.25) is 5.02 Å². The molecule has 0 radical (unpaired) electrons. The number of carboxylic acid groups (broad SMARTS) is 1. The standard InChI is InChI=1S/C12H17ClN2O3S/c13-10-4-2-1-3-9(10)5-7-19(15,18)8-6-11(14)12(16)17/h1-4,11,15H,5-8,14H2,(H,16,17)/t11-,19?/m0/s1. The molecule has 0 aliphatic carbocycles. The molecule has 0 saturated heterocycles. The zero-order chi connectivity index (χ0) is 14.5. The van der Waals surface area contributed by atoms with Crippen molar-refractivity contribution in [2.45, 2.75) is 18.9 Å². The molecular weight excluding hydrogens is 288 g/mol. The first-order chi connectivity index (χ1) is 8.82. The van der Waals surface area contributed by atoms with Crippen molar-refractivity contribution < 1.29 is 14.1 Å². The second kappa shape index (κ2) is 6.88. The van der Waals surface area contributed by atoms with E-state index >= 15 is 0 Å². The molecule has 0 fully saturated rings. The van der Waals surface area contributed by atoms with Crippen molar-refractivity contribution in [2.75, 3.05) is 11.5 Å². The van der Waals surface area contributed by atoms with Gasteiger partial charge < -0.3 is 10.8 Å². The lowest BCUT2D eigenvalue weighted by Crippen LogP contribution is -2.32. The van der Waals surface area contributed by atoms with Crippen molar-refractivity contribution in [3.05, 3.63) is 34.9 Å². The lowest BCUT2D eigenvalue weighted by Gasteiger charge is -2.10. The van der Waals surface area contributed by atoms with Crippen LogP contribution < -0.4 is 5.73 Å². The molecule has 0 aromatic heterocycles. The van der Waals surface area contributed by atoms with Gasteiger partial charge in [0.1, 0.15) is 6.04 Å². The van der Waals surface area contributed by atoms with Crippen molar-refractivity contribution >= 4 is 27.3 Å². The number of hydrogen-bond acceptors (Lipinski definition) is 4. The molecule has 1 unspecified atom stereocenters. The zero-order valence-corrected chi connectivity index (χ0v) is 11.9. The maximum Gasteiger partial charge on any atom is 0.320 e. The van der Waals surface area contributed by atoms with Crippen LogP contribution in [0.25, 0.3) is 0 Å². The zero-order valence-electron chi connectivity index (χ0n) is 10.3. The van der Waals surface area contributed by atoms with Gasteiger partial charge in [0.25, 0.3) is 0 Å². The molecule has 5 nitrogen and oxygen atoms in total. The molecule has 0 heterocycles. The van der Waals surface area contributed by atoms with Gasteiger partial charge in [-0.25, -0.2) is 4.21 Å². The van der Waals surface area contributed by atoms with Crippen molar-refractivity contribution in [3.63, 3.8) is 0 Å². The van der Waals surface area contributed by atoms with Crippen molar-refractivity contribution in [3.8, 4) is 0 Å². The number of halogens is 1. The number of nitrogens with two attached hydrogens (primary N) is 1. The number of carbonyl (C=O) groups is 1. The Kier molecular flexibility index (Phi) is 5.78. The van der Waals surface area contributed by atoms with Crippen molar-refractivity contribution in [1.82, 2.24) is 0 Å². The van der Waals surface area contributed by atoms with Crippen LogP contribution in [0.1, 0.15) is 12.0 Å². The van der Waals surface area contributed by atoms with Gasteiger partial charge in [-0.15, -0.1) is 0 Å². The summed E-state index contributed by atoms with van der Waals surface area (Å²) >= 11 is 5.97. The Morgan fingerprint density at radius 1 is 1.42 bits per heavy atom. The first-order valence-corrected chi connectivity index (χ1v) is 8.05. The number of hydrogen-bond donors (Lipinski definition) is 3. The van der Waals surface area contributed by atoms with Crippen LogP contribution >= 0.6 is 11.6 Å². The van der Waals surface area contributed by atoms with E-state index in [9.17, 15) is 9.00 Å². The highest BCUT2D eigenvalue weighted by Crippen LogP contribution is 2.16. The van der Waals surface area contributed by atoms with E-state index in [0.717, 1.165) is 5.56 Å². The number of benzene rings is 1. The van der Waals surface area contributed by atoms with Gasteiger partial charge in [-0.3, -0.25) is 9.57 Å². The molecular formula is C12H17ClN2O3S. The van der Waals surface area contributed by atoms with Crippen LogP contribution in [-0.2, 0) is 20.9 Å². The molecule has 1 aromatic rings. The van der Waals surface area contributed by atoms with Crippen LogP contribution in [0.3, 0.4) is 0 Å². The Morgan fingerprint density at radius 3 is 2.63 bits per heavy atom. The molecule has 4 N–H and O–H groups in total. The van der Waals surface area contributed by atoms with E-state index in [1.54, 1.807) is 12.1 Å². The second-order valence-electron chi connectivity index (χ2n) is 4.29. The van der Waals surface area contributed by atoms with Gasteiger partial charge in [0, 0.05) is 26.3 Å². The maximum absolute atomic E-state index is 12.0. The maximum atomic E-state index is 12.0. The molecule has 7 heteroatoms. The van der Waals surface area contributed by atoms with E-state index in [-0.39, 0.29) is 17.9 Å². The number of rotatable bonds is 7. The summed E-state index contributed by atoms with van der Waals surface area (Å²) in [6.07, 6.45) is 0.477. The van der Waals surface area contributed by atoms with E-state index in [2.05, 4.69) is 0 Å². The summed E-state index contributed by atoms with van der Waals surface area (Å²) in [4.78, 5) is 10.5. The van der Waals surface area contributed by atoms with Crippen LogP contribution in [0.5, 0.6) is 0 Å². The van der Waals surface area contributed by atoms with Gasteiger partial charge in [-0.1, -0.05) is 29.8 Å². The smallest absolute Gasteiger partial charge is 0.320 e. The summed E-state index contributed by atoms with van der Waals surface area (Å²) in [7, 11) is -2.83. The van der Waals surface area contributed by atoms with Gasteiger partial charge in [0.05, 0.1) is 0 Å². The molecule has 19 heavy (non-hydrogen) atoms. The average molecular weight is 305 g/mol. The lowest BCUT2D eigenvalue weighted by atomic mass is 10.2. The molecule has 0 saturated carbocycles. The highest BCUT2D eigenvalue weighted by Gasteiger charge is 2.15. The van der Waals surface area contributed by atoms with Crippen LogP contribution in [0, 0.1) is 4.78 Å². The van der Waals surface area contributed by atoms with E-state index in [0.29, 0.717) is 11.4 Å². The molecule has 0 aliphatic rings. The first kappa shape index (κ1) is 15.9. The molecule has 106 valence electrons. The van der Waals surface area contributed by atoms with E-state index < -0.39 is 21.7 Å². The van der Waals surface area contributed by atoms with Crippen molar-refractivity contribution in [1.29, 1.82) is 4.78 Å². The van der Waals surface area contributed by atoms with E-state index in [4.69, 9.17) is 27.2 Å². The molecule has 0 aliphatic heterocycles. The molecule has 0 amide bonds. The normalized spacial score (nSPS) is 15.7. The van der Waals surface area contributed by atoms with Crippen molar-refractivity contribution in [2.24, 2.45) is 5.73 Å². The fourth-order valence-corrected chi connectivity index (χ4v) is 3.14. The third-order valence-corrected chi connectivity index (χ3v) is 4.86. The fraction of sp³-hybridized carbons (Fsp3) is 0.417. The van der Waals surface area contributed by atoms with Gasteiger partial charge >= 0.3 is 5.97 Å². The van der Waals surface area contributed by atoms with Crippen LogP contribution in [-0.4, -0.2) is 32.8 Å². The summed E-state index contributed by atoms with van der Waals surface area (Å²) in [5.74, 6) is -0.991. The average Bonchev–Trinajstić information content (AvgIpc) is 2.35. The number of aryl methyl sites for hydroxylation is 1. The summed E-state index contributed by atoms with van der Waals surface area (Å²) in [6.45, 7) is 0. The third-order valence-electron chi connectivity index (χ3n) is 2.73. The molecule has 0 spiro atoms. The molecule has 2 atom stereocenters. The molecule has 1 rings (SSSR count). The summed E-state index contributed by atoms with van der Waals surface area (Å²) in [5.41, 5.74) is 6.17. The quantitative estimate of drug-likeness (QED) is 0.713. The number of carboxylic acids is 1. The SMILES string of the molecule is N=S(=O)(CCc1ccccc1Cl)CC[C@H](N)C(=O)O. The molecule has 1 aromatic carbocycles. The first-order valence-electron chi connectivity index (χ1n) is 5.78. The largest absolute Gasteiger partial charge is 0.480 e. The van der Waals surface area contributed by atoms with Crippen LogP contribution in [0.15, 0.2) is 24.3 Å². The second-order valence-corrected chi connectivity index (χ2v) is 7.14. The summed E-state index contributed by atoms with van der Waals surface area (Å²) in [6, 6.07) is 6.12. The lowest BCUT2D eigenvalue weighted by molar-refractivity contribution is -0.138. The van der Waals surface area contributed by atoms with Gasteiger partial charge in [0.15, 0.2) is 0 Å². The fourth-order valence-electron chi connectivity index (χ4n) is 1.52. The topological polar surface area (TPSA) is 104 Å². The van der Waals surface area contributed by atoms with Gasteiger partial charge in [-0.05, 0) is 24.5 Å². The third kappa shape index (κ3) is 5.59. The monoisotopic (exact) mass is 304 g/mol. The van der Waals surface area contributed by atoms with Gasteiger partial charge in [-0.2, -0.15) is 0 Å². The van der Waals surface area contributed by atoms with Gasteiger partial charge in [0.2, 0.25) is 0 Å². The summed E-state index contributed by atoms with van der Waals surface area (Å²) in [5, 5.41) is 9.21.